The maximum atomic E-state index is 9.24. The summed E-state index contributed by atoms with van der Waals surface area (Å²) in [6, 6.07) is 17.8. The van der Waals surface area contributed by atoms with E-state index in [2.05, 4.69) is 12.7 Å². The standard InChI is InChI=1S/C13H12O.C2H5NO2/c1-11-7-9-13(10-8-11)14-12-5-3-2-4-6-12;3-1-2(4)5/h2-10H,1H3;1,3H2,(H,4,5). The molecule has 0 bridgehead atoms. The largest absolute Gasteiger partial charge is 0.480 e. The molecule has 0 radical (unpaired) electrons. The number of hydrogen-bond donors (Lipinski definition) is 2. The topological polar surface area (TPSA) is 72.5 Å². The molecule has 0 unspecified atom stereocenters. The molecule has 0 fully saturated rings. The van der Waals surface area contributed by atoms with Gasteiger partial charge >= 0.3 is 5.97 Å². The van der Waals surface area contributed by atoms with E-state index >= 15 is 0 Å². The van der Waals surface area contributed by atoms with Crippen molar-refractivity contribution >= 4 is 5.97 Å². The van der Waals surface area contributed by atoms with Crippen LogP contribution in [0.15, 0.2) is 54.6 Å². The lowest BCUT2D eigenvalue weighted by Crippen LogP contribution is -2.10. The first-order valence-electron chi connectivity index (χ1n) is 5.83. The van der Waals surface area contributed by atoms with Crippen LogP contribution < -0.4 is 10.5 Å². The van der Waals surface area contributed by atoms with Crippen molar-refractivity contribution in [3.63, 3.8) is 0 Å². The highest BCUT2D eigenvalue weighted by molar-refractivity contribution is 5.68. The fraction of sp³-hybridized carbons (Fsp3) is 0.133. The summed E-state index contributed by atoms with van der Waals surface area (Å²) in [7, 11) is 0. The van der Waals surface area contributed by atoms with Crippen LogP contribution in [0.4, 0.5) is 0 Å². The zero-order chi connectivity index (χ0) is 14.1. The van der Waals surface area contributed by atoms with Gasteiger partial charge in [0.25, 0.3) is 0 Å². The highest BCUT2D eigenvalue weighted by Crippen LogP contribution is 2.20. The number of carbonyl (C=O) groups is 1. The Labute approximate surface area is 112 Å². The van der Waals surface area contributed by atoms with Crippen LogP contribution >= 0.6 is 0 Å². The first-order chi connectivity index (χ1) is 9.11. The first kappa shape index (κ1) is 14.7. The van der Waals surface area contributed by atoms with E-state index in [1.54, 1.807) is 0 Å². The number of ether oxygens (including phenoxy) is 1. The lowest BCUT2D eigenvalue weighted by Gasteiger charge is -2.04. The molecule has 0 aliphatic carbocycles. The van der Waals surface area contributed by atoms with Crippen molar-refractivity contribution in [2.45, 2.75) is 6.92 Å². The van der Waals surface area contributed by atoms with E-state index in [0.29, 0.717) is 0 Å². The van der Waals surface area contributed by atoms with Gasteiger partial charge in [0.2, 0.25) is 0 Å². The van der Waals surface area contributed by atoms with E-state index in [-0.39, 0.29) is 6.54 Å². The van der Waals surface area contributed by atoms with Gasteiger partial charge in [0.05, 0.1) is 6.54 Å². The van der Waals surface area contributed by atoms with Crippen LogP contribution in [0.25, 0.3) is 0 Å². The Balaban J connectivity index is 0.000000312. The molecular formula is C15H17NO3. The smallest absolute Gasteiger partial charge is 0.317 e. The minimum atomic E-state index is -0.968. The predicted octanol–water partition coefficient (Wildman–Crippen LogP) is 2.82. The molecule has 0 aliphatic rings. The summed E-state index contributed by atoms with van der Waals surface area (Å²) < 4.78 is 5.63. The highest BCUT2D eigenvalue weighted by atomic mass is 16.5. The normalized spacial score (nSPS) is 9.16. The fourth-order valence-corrected chi connectivity index (χ4v) is 1.23. The summed E-state index contributed by atoms with van der Waals surface area (Å²) in [6.07, 6.45) is 0. The van der Waals surface area contributed by atoms with Gasteiger partial charge in [-0.1, -0.05) is 35.9 Å². The summed E-state index contributed by atoms with van der Waals surface area (Å²) in [5, 5.41) is 7.60. The van der Waals surface area contributed by atoms with Crippen LogP contribution in [-0.4, -0.2) is 17.6 Å². The molecule has 100 valence electrons. The summed E-state index contributed by atoms with van der Waals surface area (Å²) in [6.45, 7) is 1.78. The van der Waals surface area contributed by atoms with E-state index in [0.717, 1.165) is 11.5 Å². The Morgan fingerprint density at radius 1 is 1.05 bits per heavy atom. The van der Waals surface area contributed by atoms with Crippen molar-refractivity contribution in [1.82, 2.24) is 0 Å². The molecule has 0 heterocycles. The van der Waals surface area contributed by atoms with E-state index in [1.807, 2.05) is 54.6 Å². The van der Waals surface area contributed by atoms with Gasteiger partial charge < -0.3 is 15.6 Å². The second-order valence-electron chi connectivity index (χ2n) is 3.83. The molecule has 19 heavy (non-hydrogen) atoms. The summed E-state index contributed by atoms with van der Waals surface area (Å²) in [5.74, 6) is 0.781. The molecule has 0 amide bonds. The van der Waals surface area contributed by atoms with Crippen molar-refractivity contribution < 1.29 is 14.6 Å². The lowest BCUT2D eigenvalue weighted by atomic mass is 10.2. The van der Waals surface area contributed by atoms with Gasteiger partial charge in [-0.25, -0.2) is 0 Å². The van der Waals surface area contributed by atoms with Crippen molar-refractivity contribution in [3.05, 3.63) is 60.2 Å². The number of aliphatic carboxylic acids is 1. The molecular weight excluding hydrogens is 242 g/mol. The molecule has 0 spiro atoms. The molecule has 3 N–H and O–H groups in total. The molecule has 0 saturated heterocycles. The Hall–Kier alpha value is -2.33. The third-order valence-corrected chi connectivity index (χ3v) is 2.17. The minimum absolute atomic E-state index is 0.278. The predicted molar refractivity (Wildman–Crippen MR) is 74.4 cm³/mol. The molecule has 0 aromatic heterocycles. The number of para-hydroxylation sites is 1. The van der Waals surface area contributed by atoms with Gasteiger partial charge in [-0.15, -0.1) is 0 Å². The van der Waals surface area contributed by atoms with Crippen molar-refractivity contribution in [3.8, 4) is 11.5 Å². The average molecular weight is 259 g/mol. The SMILES string of the molecule is Cc1ccc(Oc2ccccc2)cc1.NCC(=O)O. The van der Waals surface area contributed by atoms with Gasteiger partial charge in [-0.3, -0.25) is 4.79 Å². The average Bonchev–Trinajstić information content (AvgIpc) is 2.43. The maximum Gasteiger partial charge on any atom is 0.317 e. The zero-order valence-electron chi connectivity index (χ0n) is 10.7. The second kappa shape index (κ2) is 7.89. The van der Waals surface area contributed by atoms with E-state index in [4.69, 9.17) is 9.84 Å². The number of aryl methyl sites for hydroxylation is 1. The Bertz CT molecular complexity index is 495. The molecule has 0 saturated carbocycles. The van der Waals surface area contributed by atoms with E-state index < -0.39 is 5.97 Å². The number of benzene rings is 2. The van der Waals surface area contributed by atoms with Gasteiger partial charge in [0, 0.05) is 0 Å². The van der Waals surface area contributed by atoms with Crippen LogP contribution in [0.5, 0.6) is 11.5 Å². The first-order valence-corrected chi connectivity index (χ1v) is 5.83. The van der Waals surface area contributed by atoms with Gasteiger partial charge in [-0.05, 0) is 31.2 Å². The quantitative estimate of drug-likeness (QED) is 0.889. The number of rotatable bonds is 3. The van der Waals surface area contributed by atoms with Crippen LogP contribution in [0.3, 0.4) is 0 Å². The molecule has 2 aromatic rings. The minimum Gasteiger partial charge on any atom is -0.480 e. The van der Waals surface area contributed by atoms with E-state index in [1.165, 1.54) is 5.56 Å². The fourth-order valence-electron chi connectivity index (χ4n) is 1.23. The van der Waals surface area contributed by atoms with Crippen molar-refractivity contribution in [2.24, 2.45) is 5.73 Å². The zero-order valence-corrected chi connectivity index (χ0v) is 10.7. The van der Waals surface area contributed by atoms with Crippen LogP contribution in [0.1, 0.15) is 5.56 Å². The maximum absolute atomic E-state index is 9.24. The number of carboxylic acids is 1. The monoisotopic (exact) mass is 259 g/mol. The summed E-state index contributed by atoms with van der Waals surface area (Å²) in [4.78, 5) is 9.24. The Kier molecular flexibility index (Phi) is 6.12. The van der Waals surface area contributed by atoms with Crippen molar-refractivity contribution in [1.29, 1.82) is 0 Å². The molecule has 4 heteroatoms. The molecule has 0 aliphatic heterocycles. The Morgan fingerprint density at radius 3 is 2.00 bits per heavy atom. The van der Waals surface area contributed by atoms with Gasteiger partial charge in [0.15, 0.2) is 0 Å². The molecule has 2 aromatic carbocycles. The summed E-state index contributed by atoms with van der Waals surface area (Å²) >= 11 is 0. The molecule has 2 rings (SSSR count). The highest BCUT2D eigenvalue weighted by Gasteiger charge is 1.94. The van der Waals surface area contributed by atoms with Crippen LogP contribution in [-0.2, 0) is 4.79 Å². The molecule has 0 atom stereocenters. The lowest BCUT2D eigenvalue weighted by molar-refractivity contribution is -0.135. The number of carboxylic acid groups (broad SMARTS) is 1. The van der Waals surface area contributed by atoms with Crippen molar-refractivity contribution in [2.75, 3.05) is 6.54 Å². The third-order valence-electron chi connectivity index (χ3n) is 2.17. The number of nitrogens with two attached hydrogens (primary N) is 1. The third kappa shape index (κ3) is 6.24. The van der Waals surface area contributed by atoms with Crippen LogP contribution in [0.2, 0.25) is 0 Å². The van der Waals surface area contributed by atoms with Gasteiger partial charge in [0.1, 0.15) is 11.5 Å². The molecule has 4 nitrogen and oxygen atoms in total. The van der Waals surface area contributed by atoms with Gasteiger partial charge in [-0.2, -0.15) is 0 Å². The number of hydrogen-bond acceptors (Lipinski definition) is 3. The second-order valence-corrected chi connectivity index (χ2v) is 3.83. The summed E-state index contributed by atoms with van der Waals surface area (Å²) in [5.41, 5.74) is 5.81. The Morgan fingerprint density at radius 2 is 1.53 bits per heavy atom. The van der Waals surface area contributed by atoms with E-state index in [9.17, 15) is 4.79 Å². The van der Waals surface area contributed by atoms with Crippen LogP contribution in [0, 0.1) is 6.92 Å².